The van der Waals surface area contributed by atoms with Crippen LogP contribution in [0.3, 0.4) is 0 Å². The zero-order valence-corrected chi connectivity index (χ0v) is 13.8. The van der Waals surface area contributed by atoms with Crippen molar-refractivity contribution in [1.82, 2.24) is 19.7 Å². The Labute approximate surface area is 150 Å². The molecule has 0 atom stereocenters. The summed E-state index contributed by atoms with van der Waals surface area (Å²) >= 11 is 0. The van der Waals surface area contributed by atoms with Crippen LogP contribution in [0.5, 0.6) is 0 Å². The molecule has 4 rings (SSSR count). The molecule has 0 spiro atoms. The molecular weight excluding hydrogens is 326 g/mol. The smallest absolute Gasteiger partial charge is 0.255 e. The first kappa shape index (κ1) is 15.7. The van der Waals surface area contributed by atoms with Gasteiger partial charge in [-0.15, -0.1) is 0 Å². The molecule has 2 aromatic heterocycles. The van der Waals surface area contributed by atoms with Crippen LogP contribution in [0.4, 0.5) is 5.69 Å². The Balaban J connectivity index is 1.46. The lowest BCUT2D eigenvalue weighted by atomic mass is 10.2. The summed E-state index contributed by atoms with van der Waals surface area (Å²) in [6.07, 6.45) is 6.76. The zero-order chi connectivity index (χ0) is 17.8. The van der Waals surface area contributed by atoms with Crippen LogP contribution in [0.2, 0.25) is 0 Å². The molecule has 26 heavy (non-hydrogen) atoms. The molecule has 2 aromatic carbocycles. The largest absolute Gasteiger partial charge is 0.319 e. The first-order valence-corrected chi connectivity index (χ1v) is 8.08. The number of benzene rings is 2. The average molecular weight is 341 g/mol. The highest BCUT2D eigenvalue weighted by atomic mass is 16.1. The van der Waals surface area contributed by atoms with Gasteiger partial charge in [0.1, 0.15) is 0 Å². The zero-order valence-electron chi connectivity index (χ0n) is 13.8. The number of nitrogens with one attached hydrogen (secondary N) is 1. The first-order valence-electron chi connectivity index (χ1n) is 8.08. The van der Waals surface area contributed by atoms with Crippen molar-refractivity contribution in [2.45, 2.75) is 0 Å². The standard InChI is InChI=1S/C20H15N5O/c26-20(16-7-9-18(10-8-16)25-12-4-11-23-25)24-17-13-21-19(22-14-17)15-5-2-1-3-6-15/h1-14H,(H,24,26). The van der Waals surface area contributed by atoms with Gasteiger partial charge in [-0.25, -0.2) is 14.6 Å². The predicted octanol–water partition coefficient (Wildman–Crippen LogP) is 3.58. The second-order valence-electron chi connectivity index (χ2n) is 5.61. The number of rotatable bonds is 4. The minimum absolute atomic E-state index is 0.215. The van der Waals surface area contributed by atoms with Gasteiger partial charge in [0, 0.05) is 23.5 Å². The topological polar surface area (TPSA) is 72.7 Å². The highest BCUT2D eigenvalue weighted by molar-refractivity contribution is 6.04. The van der Waals surface area contributed by atoms with Gasteiger partial charge in [-0.05, 0) is 30.3 Å². The maximum absolute atomic E-state index is 12.4. The summed E-state index contributed by atoms with van der Waals surface area (Å²) in [5, 5.41) is 6.97. The summed E-state index contributed by atoms with van der Waals surface area (Å²) in [5.41, 5.74) is 2.92. The van der Waals surface area contributed by atoms with E-state index in [9.17, 15) is 4.79 Å². The predicted molar refractivity (Wildman–Crippen MR) is 99.0 cm³/mol. The van der Waals surface area contributed by atoms with Gasteiger partial charge in [0.05, 0.1) is 23.8 Å². The van der Waals surface area contributed by atoms with Crippen LogP contribution in [0.25, 0.3) is 17.1 Å². The summed E-state index contributed by atoms with van der Waals surface area (Å²) in [6, 6.07) is 18.7. The highest BCUT2D eigenvalue weighted by Gasteiger charge is 2.08. The molecule has 0 aliphatic carbocycles. The van der Waals surface area contributed by atoms with Gasteiger partial charge < -0.3 is 5.32 Å². The third kappa shape index (κ3) is 3.34. The van der Waals surface area contributed by atoms with E-state index < -0.39 is 0 Å². The van der Waals surface area contributed by atoms with Gasteiger partial charge in [0.2, 0.25) is 0 Å². The minimum atomic E-state index is -0.215. The van der Waals surface area contributed by atoms with Crippen LogP contribution >= 0.6 is 0 Å². The van der Waals surface area contributed by atoms with E-state index in [1.165, 1.54) is 0 Å². The fourth-order valence-corrected chi connectivity index (χ4v) is 2.52. The third-order valence-corrected chi connectivity index (χ3v) is 3.84. The number of carbonyl (C=O) groups is 1. The molecule has 126 valence electrons. The van der Waals surface area contributed by atoms with Crippen LogP contribution in [0.15, 0.2) is 85.5 Å². The molecule has 2 heterocycles. The van der Waals surface area contributed by atoms with Crippen molar-refractivity contribution >= 4 is 11.6 Å². The van der Waals surface area contributed by atoms with Gasteiger partial charge in [0.25, 0.3) is 5.91 Å². The SMILES string of the molecule is O=C(Nc1cnc(-c2ccccc2)nc1)c1ccc(-n2cccn2)cc1. The summed E-state index contributed by atoms with van der Waals surface area (Å²) in [5.74, 6) is 0.403. The van der Waals surface area contributed by atoms with Crippen LogP contribution < -0.4 is 5.32 Å². The third-order valence-electron chi connectivity index (χ3n) is 3.84. The summed E-state index contributed by atoms with van der Waals surface area (Å²) in [4.78, 5) is 21.0. The highest BCUT2D eigenvalue weighted by Crippen LogP contribution is 2.16. The molecule has 0 fully saturated rings. The maximum Gasteiger partial charge on any atom is 0.255 e. The van der Waals surface area contributed by atoms with Crippen LogP contribution in [0.1, 0.15) is 10.4 Å². The van der Waals surface area contributed by atoms with Crippen LogP contribution in [-0.2, 0) is 0 Å². The number of hydrogen-bond donors (Lipinski definition) is 1. The summed E-state index contributed by atoms with van der Waals surface area (Å²) in [7, 11) is 0. The van der Waals surface area contributed by atoms with Crippen molar-refractivity contribution in [2.75, 3.05) is 5.32 Å². The number of aromatic nitrogens is 4. The number of nitrogens with zero attached hydrogens (tertiary/aromatic N) is 4. The minimum Gasteiger partial charge on any atom is -0.319 e. The van der Waals surface area contributed by atoms with Crippen molar-refractivity contribution in [1.29, 1.82) is 0 Å². The van der Waals surface area contributed by atoms with Gasteiger partial charge >= 0.3 is 0 Å². The van der Waals surface area contributed by atoms with Gasteiger partial charge in [-0.1, -0.05) is 30.3 Å². The fraction of sp³-hybridized carbons (Fsp3) is 0. The second-order valence-corrected chi connectivity index (χ2v) is 5.61. The molecule has 0 aliphatic heterocycles. The Morgan fingerprint density at radius 3 is 2.27 bits per heavy atom. The normalized spacial score (nSPS) is 10.5. The number of hydrogen-bond acceptors (Lipinski definition) is 4. The Morgan fingerprint density at radius 1 is 0.885 bits per heavy atom. The molecule has 0 saturated heterocycles. The first-order chi connectivity index (χ1) is 12.8. The van der Waals surface area contributed by atoms with Crippen molar-refractivity contribution in [3.05, 3.63) is 91.0 Å². The van der Waals surface area contributed by atoms with Crippen LogP contribution in [-0.4, -0.2) is 25.7 Å². The molecule has 6 nitrogen and oxygen atoms in total. The van der Waals surface area contributed by atoms with E-state index in [0.29, 0.717) is 17.1 Å². The van der Waals surface area contributed by atoms with Gasteiger partial charge in [0.15, 0.2) is 5.82 Å². The van der Waals surface area contributed by atoms with Gasteiger partial charge in [-0.2, -0.15) is 5.10 Å². The lowest BCUT2D eigenvalue weighted by molar-refractivity contribution is 0.102. The van der Waals surface area contributed by atoms with Crippen molar-refractivity contribution in [3.63, 3.8) is 0 Å². The van der Waals surface area contributed by atoms with E-state index in [0.717, 1.165) is 11.3 Å². The molecule has 6 heteroatoms. The van der Waals surface area contributed by atoms with E-state index in [2.05, 4.69) is 20.4 Å². The number of anilines is 1. The molecule has 0 radical (unpaired) electrons. The number of amides is 1. The molecule has 0 saturated carbocycles. The Bertz CT molecular complexity index is 995. The van der Waals surface area contributed by atoms with Crippen molar-refractivity contribution < 1.29 is 4.79 Å². The van der Waals surface area contributed by atoms with E-state index in [-0.39, 0.29) is 5.91 Å². The molecule has 1 amide bonds. The van der Waals surface area contributed by atoms with E-state index >= 15 is 0 Å². The monoisotopic (exact) mass is 341 g/mol. The number of carbonyl (C=O) groups excluding carboxylic acids is 1. The van der Waals surface area contributed by atoms with Crippen molar-refractivity contribution in [2.24, 2.45) is 0 Å². The molecule has 0 unspecified atom stereocenters. The van der Waals surface area contributed by atoms with Crippen LogP contribution in [0, 0.1) is 0 Å². The van der Waals surface area contributed by atoms with E-state index in [1.54, 1.807) is 35.4 Å². The summed E-state index contributed by atoms with van der Waals surface area (Å²) < 4.78 is 1.73. The Morgan fingerprint density at radius 2 is 1.62 bits per heavy atom. The maximum atomic E-state index is 12.4. The second kappa shape index (κ2) is 6.98. The molecular formula is C20H15N5O. The van der Waals surface area contributed by atoms with E-state index in [4.69, 9.17) is 0 Å². The fourth-order valence-electron chi connectivity index (χ4n) is 2.52. The average Bonchev–Trinajstić information content (AvgIpc) is 3.24. The Kier molecular flexibility index (Phi) is 4.22. The van der Waals surface area contributed by atoms with E-state index in [1.807, 2.05) is 54.7 Å². The van der Waals surface area contributed by atoms with Crippen molar-refractivity contribution in [3.8, 4) is 17.1 Å². The molecule has 4 aromatic rings. The molecule has 1 N–H and O–H groups in total. The Hall–Kier alpha value is -3.80. The van der Waals surface area contributed by atoms with Gasteiger partial charge in [-0.3, -0.25) is 4.79 Å². The molecule has 0 bridgehead atoms. The lowest BCUT2D eigenvalue weighted by Gasteiger charge is -2.07. The summed E-state index contributed by atoms with van der Waals surface area (Å²) in [6.45, 7) is 0. The molecule has 0 aliphatic rings. The quantitative estimate of drug-likeness (QED) is 0.616. The lowest BCUT2D eigenvalue weighted by Crippen LogP contribution is -2.12.